The highest BCUT2D eigenvalue weighted by Crippen LogP contribution is 2.44. The molecule has 122 valence electrons. The number of carbonyl (C=O) groups is 1. The Hall–Kier alpha value is -2.04. The Bertz CT molecular complexity index is 784. The minimum absolute atomic E-state index is 0.0325. The standard InChI is InChI=1S/C18H23N3O2/c1-2-20-14-5-3-4-6-15(14)21(18(20)23)11-16(22)19-17(12-7-8-12)13-9-10-13/h3-6,12-13,17H,2,7-11H2,1H3,(H,19,22). The molecule has 2 aliphatic carbocycles. The average molecular weight is 313 g/mol. The van der Waals surface area contributed by atoms with Crippen molar-refractivity contribution < 1.29 is 4.79 Å². The zero-order chi connectivity index (χ0) is 16.0. The lowest BCUT2D eigenvalue weighted by atomic mass is 10.1. The maximum absolute atomic E-state index is 12.6. The molecule has 23 heavy (non-hydrogen) atoms. The third-order valence-electron chi connectivity index (χ3n) is 5.13. The van der Waals surface area contributed by atoms with Crippen LogP contribution in [0.3, 0.4) is 0 Å². The van der Waals surface area contributed by atoms with Gasteiger partial charge in [0.1, 0.15) is 6.54 Å². The molecule has 0 unspecified atom stereocenters. The van der Waals surface area contributed by atoms with Crippen molar-refractivity contribution in [2.75, 3.05) is 0 Å². The number of nitrogens with zero attached hydrogens (tertiary/aromatic N) is 2. The Kier molecular flexibility index (Phi) is 3.51. The van der Waals surface area contributed by atoms with Gasteiger partial charge in [0.2, 0.25) is 5.91 Å². The van der Waals surface area contributed by atoms with E-state index in [1.807, 2.05) is 31.2 Å². The van der Waals surface area contributed by atoms with Crippen LogP contribution in [0.4, 0.5) is 0 Å². The van der Waals surface area contributed by atoms with Crippen molar-refractivity contribution in [2.45, 2.75) is 51.7 Å². The molecular formula is C18H23N3O2. The number of para-hydroxylation sites is 2. The maximum atomic E-state index is 12.6. The molecule has 2 aromatic rings. The molecule has 1 aromatic heterocycles. The van der Waals surface area contributed by atoms with E-state index >= 15 is 0 Å². The molecule has 0 spiro atoms. The summed E-state index contributed by atoms with van der Waals surface area (Å²) in [5.74, 6) is 1.30. The minimum Gasteiger partial charge on any atom is -0.351 e. The number of nitrogens with one attached hydrogen (secondary N) is 1. The molecule has 1 N–H and O–H groups in total. The molecule has 0 saturated heterocycles. The van der Waals surface area contributed by atoms with Gasteiger partial charge in [-0.3, -0.25) is 13.9 Å². The number of amides is 1. The van der Waals surface area contributed by atoms with Gasteiger partial charge < -0.3 is 5.32 Å². The van der Waals surface area contributed by atoms with Crippen LogP contribution < -0.4 is 11.0 Å². The number of imidazole rings is 1. The van der Waals surface area contributed by atoms with Crippen molar-refractivity contribution in [3.8, 4) is 0 Å². The summed E-state index contributed by atoms with van der Waals surface area (Å²) in [6.07, 6.45) is 4.93. The first-order valence-electron chi connectivity index (χ1n) is 8.66. The van der Waals surface area contributed by atoms with E-state index in [4.69, 9.17) is 0 Å². The zero-order valence-corrected chi connectivity index (χ0v) is 13.5. The molecule has 1 amide bonds. The van der Waals surface area contributed by atoms with Gasteiger partial charge >= 0.3 is 5.69 Å². The Balaban J connectivity index is 1.58. The van der Waals surface area contributed by atoms with Crippen LogP contribution >= 0.6 is 0 Å². The first-order chi connectivity index (χ1) is 11.2. The number of aromatic nitrogens is 2. The predicted molar refractivity (Wildman–Crippen MR) is 89.3 cm³/mol. The van der Waals surface area contributed by atoms with Gasteiger partial charge in [0.25, 0.3) is 0 Å². The minimum atomic E-state index is -0.0988. The molecule has 4 rings (SSSR count). The summed E-state index contributed by atoms with van der Waals surface area (Å²) in [6, 6.07) is 8.01. The van der Waals surface area contributed by atoms with Gasteiger partial charge in [0, 0.05) is 12.6 Å². The summed E-state index contributed by atoms with van der Waals surface area (Å²) in [4.78, 5) is 25.1. The molecule has 0 radical (unpaired) electrons. The SMILES string of the molecule is CCn1c(=O)n(CC(=O)NC(C2CC2)C2CC2)c2ccccc21. The van der Waals surface area contributed by atoms with E-state index in [-0.39, 0.29) is 18.1 Å². The second-order valence-corrected chi connectivity index (χ2v) is 6.87. The van der Waals surface area contributed by atoms with Crippen LogP contribution in [0.2, 0.25) is 0 Å². The normalized spacial score (nSPS) is 17.8. The molecule has 2 aliphatic rings. The van der Waals surface area contributed by atoms with Gasteiger partial charge in [-0.2, -0.15) is 0 Å². The van der Waals surface area contributed by atoms with Crippen LogP contribution in [0.15, 0.2) is 29.1 Å². The number of aryl methyl sites for hydroxylation is 1. The van der Waals surface area contributed by atoms with Crippen molar-refractivity contribution in [3.63, 3.8) is 0 Å². The van der Waals surface area contributed by atoms with Crippen molar-refractivity contribution >= 4 is 16.9 Å². The van der Waals surface area contributed by atoms with Crippen LogP contribution in [0.25, 0.3) is 11.0 Å². The predicted octanol–water partition coefficient (Wildman–Crippen LogP) is 2.13. The van der Waals surface area contributed by atoms with E-state index in [1.165, 1.54) is 25.7 Å². The highest BCUT2D eigenvalue weighted by Gasteiger charge is 2.42. The van der Waals surface area contributed by atoms with Gasteiger partial charge in [0.05, 0.1) is 11.0 Å². The van der Waals surface area contributed by atoms with Crippen LogP contribution in [0.5, 0.6) is 0 Å². The number of hydrogen-bond donors (Lipinski definition) is 1. The number of carbonyl (C=O) groups excluding carboxylic acids is 1. The van der Waals surface area contributed by atoms with E-state index < -0.39 is 0 Å². The summed E-state index contributed by atoms with van der Waals surface area (Å²) in [5.41, 5.74) is 1.64. The number of fused-ring (bicyclic) bond motifs is 1. The number of hydrogen-bond acceptors (Lipinski definition) is 2. The van der Waals surface area contributed by atoms with Crippen LogP contribution in [0, 0.1) is 11.8 Å². The van der Waals surface area contributed by atoms with Crippen molar-refractivity contribution in [1.82, 2.24) is 14.5 Å². The van der Waals surface area contributed by atoms with E-state index in [2.05, 4.69) is 5.32 Å². The third-order valence-corrected chi connectivity index (χ3v) is 5.13. The quantitative estimate of drug-likeness (QED) is 0.888. The van der Waals surface area contributed by atoms with E-state index in [1.54, 1.807) is 9.13 Å². The fourth-order valence-corrected chi connectivity index (χ4v) is 3.64. The monoisotopic (exact) mass is 313 g/mol. The first kappa shape index (κ1) is 14.5. The molecule has 2 fully saturated rings. The van der Waals surface area contributed by atoms with Crippen molar-refractivity contribution in [1.29, 1.82) is 0 Å². The number of benzene rings is 1. The summed E-state index contributed by atoms with van der Waals surface area (Å²) >= 11 is 0. The highest BCUT2D eigenvalue weighted by atomic mass is 16.2. The lowest BCUT2D eigenvalue weighted by Gasteiger charge is -2.17. The molecule has 1 heterocycles. The Morgan fingerprint density at radius 2 is 1.70 bits per heavy atom. The van der Waals surface area contributed by atoms with Crippen LogP contribution in [-0.2, 0) is 17.9 Å². The van der Waals surface area contributed by atoms with Crippen molar-refractivity contribution in [2.24, 2.45) is 11.8 Å². The molecule has 5 heteroatoms. The smallest absolute Gasteiger partial charge is 0.329 e. The third kappa shape index (κ3) is 2.69. The fourth-order valence-electron chi connectivity index (χ4n) is 3.64. The largest absolute Gasteiger partial charge is 0.351 e. The molecule has 2 saturated carbocycles. The van der Waals surface area contributed by atoms with E-state index in [0.717, 1.165) is 11.0 Å². The van der Waals surface area contributed by atoms with Gasteiger partial charge in [-0.1, -0.05) is 12.1 Å². The molecule has 0 atom stereocenters. The lowest BCUT2D eigenvalue weighted by Crippen LogP contribution is -2.41. The summed E-state index contributed by atoms with van der Waals surface area (Å²) < 4.78 is 3.33. The van der Waals surface area contributed by atoms with Gasteiger partial charge in [-0.05, 0) is 56.6 Å². The molecule has 5 nitrogen and oxygen atoms in total. The Labute approximate surface area is 135 Å². The summed E-state index contributed by atoms with van der Waals surface area (Å²) in [6.45, 7) is 2.68. The summed E-state index contributed by atoms with van der Waals surface area (Å²) in [7, 11) is 0. The zero-order valence-electron chi connectivity index (χ0n) is 13.5. The molecule has 0 aliphatic heterocycles. The van der Waals surface area contributed by atoms with E-state index in [9.17, 15) is 9.59 Å². The van der Waals surface area contributed by atoms with Crippen LogP contribution in [-0.4, -0.2) is 21.1 Å². The van der Waals surface area contributed by atoms with Crippen molar-refractivity contribution in [3.05, 3.63) is 34.7 Å². The molecule has 1 aromatic carbocycles. The molecular weight excluding hydrogens is 290 g/mol. The second-order valence-electron chi connectivity index (χ2n) is 6.87. The maximum Gasteiger partial charge on any atom is 0.329 e. The van der Waals surface area contributed by atoms with Gasteiger partial charge in [-0.25, -0.2) is 4.79 Å². The van der Waals surface area contributed by atoms with Gasteiger partial charge in [0.15, 0.2) is 0 Å². The van der Waals surface area contributed by atoms with Gasteiger partial charge in [-0.15, -0.1) is 0 Å². The lowest BCUT2D eigenvalue weighted by molar-refractivity contribution is -0.122. The van der Waals surface area contributed by atoms with Crippen LogP contribution in [0.1, 0.15) is 32.6 Å². The topological polar surface area (TPSA) is 56.0 Å². The number of rotatable bonds is 6. The fraction of sp³-hybridized carbons (Fsp3) is 0.556. The van der Waals surface area contributed by atoms with E-state index in [0.29, 0.717) is 24.4 Å². The Morgan fingerprint density at radius 3 is 2.22 bits per heavy atom. The molecule has 0 bridgehead atoms. The summed E-state index contributed by atoms with van der Waals surface area (Å²) in [5, 5.41) is 3.20. The average Bonchev–Trinajstić information content (AvgIpc) is 3.45. The Morgan fingerprint density at radius 1 is 1.13 bits per heavy atom. The first-order valence-corrected chi connectivity index (χ1v) is 8.66. The highest BCUT2D eigenvalue weighted by molar-refractivity contribution is 5.81. The second kappa shape index (κ2) is 5.55.